The van der Waals surface area contributed by atoms with Gasteiger partial charge in [-0.2, -0.15) is 0 Å². The second-order valence-corrected chi connectivity index (χ2v) is 8.32. The molecule has 0 aliphatic heterocycles. The third kappa shape index (κ3) is 4.13. The maximum absolute atomic E-state index is 12.0. The van der Waals surface area contributed by atoms with Crippen LogP contribution in [0, 0.1) is 0 Å². The lowest BCUT2D eigenvalue weighted by Gasteiger charge is -2.37. The van der Waals surface area contributed by atoms with E-state index in [9.17, 15) is 8.42 Å². The maximum atomic E-state index is 12.0. The maximum Gasteiger partial charge on any atom is 0.178 e. The van der Waals surface area contributed by atoms with Crippen LogP contribution in [0.3, 0.4) is 0 Å². The van der Waals surface area contributed by atoms with Gasteiger partial charge in [-0.3, -0.25) is 0 Å². The minimum absolute atomic E-state index is 0.0381. The Labute approximate surface area is 133 Å². The molecule has 0 unspecified atom stereocenters. The molecule has 0 aromatic heterocycles. The molecule has 1 aromatic carbocycles. The second kappa shape index (κ2) is 7.01. The number of rotatable bonds is 6. The van der Waals surface area contributed by atoms with Gasteiger partial charge in [0, 0.05) is 11.6 Å². The van der Waals surface area contributed by atoms with Gasteiger partial charge in [0.05, 0.1) is 16.2 Å². The topological polar surface area (TPSA) is 46.2 Å². The fourth-order valence-corrected chi connectivity index (χ4v) is 4.62. The summed E-state index contributed by atoms with van der Waals surface area (Å²) in [6, 6.07) is 7.09. The molecule has 3 nitrogen and oxygen atoms in total. The van der Waals surface area contributed by atoms with Crippen molar-refractivity contribution in [1.82, 2.24) is 0 Å². The zero-order valence-electron chi connectivity index (χ0n) is 12.6. The Hall–Kier alpha value is -0.740. The third-order valence-corrected chi connectivity index (χ3v) is 6.61. The predicted molar refractivity (Wildman–Crippen MR) is 88.9 cm³/mol. The van der Waals surface area contributed by atoms with Crippen molar-refractivity contribution in [2.24, 2.45) is 0 Å². The van der Waals surface area contributed by atoms with E-state index in [-0.39, 0.29) is 11.3 Å². The van der Waals surface area contributed by atoms with E-state index in [1.54, 1.807) is 12.1 Å². The third-order valence-electron chi connectivity index (χ3n) is 4.16. The van der Waals surface area contributed by atoms with Crippen LogP contribution in [0.25, 0.3) is 0 Å². The number of nitrogens with one attached hydrogen (secondary N) is 1. The molecular weight excluding hydrogens is 306 g/mol. The van der Waals surface area contributed by atoms with Gasteiger partial charge in [-0.05, 0) is 43.5 Å². The predicted octanol–water partition coefficient (Wildman–Crippen LogP) is 4.22. The largest absolute Gasteiger partial charge is 0.378 e. The van der Waals surface area contributed by atoms with E-state index in [0.29, 0.717) is 17.2 Å². The van der Waals surface area contributed by atoms with Gasteiger partial charge in [0.25, 0.3) is 0 Å². The van der Waals surface area contributed by atoms with E-state index >= 15 is 0 Å². The molecule has 0 spiro atoms. The molecule has 0 radical (unpaired) electrons. The van der Waals surface area contributed by atoms with Crippen molar-refractivity contribution in [3.8, 4) is 0 Å². The van der Waals surface area contributed by atoms with E-state index in [4.69, 9.17) is 11.6 Å². The fourth-order valence-electron chi connectivity index (χ4n) is 2.96. The minimum atomic E-state index is -3.13. The van der Waals surface area contributed by atoms with Crippen molar-refractivity contribution in [2.45, 2.75) is 55.9 Å². The molecule has 1 N–H and O–H groups in total. The summed E-state index contributed by atoms with van der Waals surface area (Å²) < 4.78 is 24.0. The Morgan fingerprint density at radius 2 is 1.76 bits per heavy atom. The number of alkyl halides is 1. The molecule has 0 atom stereocenters. The van der Waals surface area contributed by atoms with Crippen LogP contribution in [-0.2, 0) is 9.84 Å². The summed E-state index contributed by atoms with van der Waals surface area (Å²) in [5, 5.41) is 3.53. The van der Waals surface area contributed by atoms with E-state index < -0.39 is 9.84 Å². The standard InChI is InChI=1S/C16H24ClNO2S/c1-2-12-21(19,20)15-8-6-14(7-9-15)18-16(13-17)10-4-3-5-11-16/h6-9,18H,2-5,10-13H2,1H3. The summed E-state index contributed by atoms with van der Waals surface area (Å²) >= 11 is 6.17. The molecule has 1 aromatic rings. The summed E-state index contributed by atoms with van der Waals surface area (Å²) in [5.41, 5.74) is 0.914. The molecule has 0 bridgehead atoms. The first-order valence-electron chi connectivity index (χ1n) is 7.68. The number of hydrogen-bond donors (Lipinski definition) is 1. The molecule has 2 rings (SSSR count). The molecule has 0 heterocycles. The molecule has 5 heteroatoms. The first-order chi connectivity index (χ1) is 10.0. The fraction of sp³-hybridized carbons (Fsp3) is 0.625. The number of halogens is 1. The monoisotopic (exact) mass is 329 g/mol. The summed E-state index contributed by atoms with van der Waals surface area (Å²) in [7, 11) is -3.13. The smallest absolute Gasteiger partial charge is 0.178 e. The lowest BCUT2D eigenvalue weighted by atomic mass is 9.83. The highest BCUT2D eigenvalue weighted by Crippen LogP contribution is 2.33. The van der Waals surface area contributed by atoms with Crippen LogP contribution >= 0.6 is 11.6 Å². The van der Waals surface area contributed by atoms with Crippen LogP contribution in [0.2, 0.25) is 0 Å². The van der Waals surface area contributed by atoms with Gasteiger partial charge in [0.2, 0.25) is 0 Å². The molecule has 1 saturated carbocycles. The van der Waals surface area contributed by atoms with Gasteiger partial charge in [0.15, 0.2) is 9.84 Å². The number of anilines is 1. The van der Waals surface area contributed by atoms with Crippen LogP contribution in [-0.4, -0.2) is 25.6 Å². The Morgan fingerprint density at radius 1 is 1.14 bits per heavy atom. The van der Waals surface area contributed by atoms with Gasteiger partial charge in [-0.25, -0.2) is 8.42 Å². The van der Waals surface area contributed by atoms with Crippen molar-refractivity contribution < 1.29 is 8.42 Å². The van der Waals surface area contributed by atoms with Gasteiger partial charge in [0.1, 0.15) is 0 Å². The highest BCUT2D eigenvalue weighted by Gasteiger charge is 2.30. The van der Waals surface area contributed by atoms with Crippen LogP contribution in [0.15, 0.2) is 29.2 Å². The van der Waals surface area contributed by atoms with Crippen LogP contribution in [0.4, 0.5) is 5.69 Å². The van der Waals surface area contributed by atoms with Crippen molar-refractivity contribution in [3.05, 3.63) is 24.3 Å². The normalized spacial score (nSPS) is 18.4. The highest BCUT2D eigenvalue weighted by molar-refractivity contribution is 7.91. The average molecular weight is 330 g/mol. The second-order valence-electron chi connectivity index (χ2n) is 5.94. The van der Waals surface area contributed by atoms with Crippen molar-refractivity contribution in [3.63, 3.8) is 0 Å². The quantitative estimate of drug-likeness (QED) is 0.795. The first kappa shape index (κ1) is 16.6. The molecular formula is C16H24ClNO2S. The summed E-state index contributed by atoms with van der Waals surface area (Å²) in [6.45, 7) is 1.88. The molecule has 1 aliphatic rings. The highest BCUT2D eigenvalue weighted by atomic mass is 35.5. The molecule has 118 valence electrons. The van der Waals surface area contributed by atoms with Gasteiger partial charge < -0.3 is 5.32 Å². The molecule has 0 saturated heterocycles. The SMILES string of the molecule is CCCS(=O)(=O)c1ccc(NC2(CCl)CCCCC2)cc1. The molecule has 0 amide bonds. The van der Waals surface area contributed by atoms with Crippen molar-refractivity contribution in [2.75, 3.05) is 16.9 Å². The van der Waals surface area contributed by atoms with Crippen molar-refractivity contribution >= 4 is 27.1 Å². The molecule has 1 aliphatic carbocycles. The van der Waals surface area contributed by atoms with Crippen molar-refractivity contribution in [1.29, 1.82) is 0 Å². The Bertz CT molecular complexity index is 548. The van der Waals surface area contributed by atoms with E-state index in [1.165, 1.54) is 19.3 Å². The lowest BCUT2D eigenvalue weighted by molar-refractivity contribution is 0.353. The summed E-state index contributed by atoms with van der Waals surface area (Å²) in [5.74, 6) is 0.786. The number of hydrogen-bond acceptors (Lipinski definition) is 3. The van der Waals surface area contributed by atoms with Gasteiger partial charge in [-0.1, -0.05) is 26.2 Å². The summed E-state index contributed by atoms with van der Waals surface area (Å²) in [4.78, 5) is 0.401. The lowest BCUT2D eigenvalue weighted by Crippen LogP contribution is -2.42. The first-order valence-corrected chi connectivity index (χ1v) is 9.87. The Morgan fingerprint density at radius 3 is 2.29 bits per heavy atom. The minimum Gasteiger partial charge on any atom is -0.378 e. The Balaban J connectivity index is 2.12. The van der Waals surface area contributed by atoms with Crippen LogP contribution in [0.5, 0.6) is 0 Å². The average Bonchev–Trinajstić information content (AvgIpc) is 2.49. The molecule has 1 fully saturated rings. The zero-order chi connectivity index (χ0) is 15.3. The van der Waals surface area contributed by atoms with E-state index in [0.717, 1.165) is 18.5 Å². The molecule has 21 heavy (non-hydrogen) atoms. The van der Waals surface area contributed by atoms with Crippen LogP contribution < -0.4 is 5.32 Å². The van der Waals surface area contributed by atoms with E-state index in [1.807, 2.05) is 19.1 Å². The van der Waals surface area contributed by atoms with Gasteiger partial charge in [-0.15, -0.1) is 11.6 Å². The zero-order valence-corrected chi connectivity index (χ0v) is 14.1. The Kier molecular flexibility index (Phi) is 5.55. The van der Waals surface area contributed by atoms with Crippen LogP contribution in [0.1, 0.15) is 45.4 Å². The number of benzene rings is 1. The summed E-state index contributed by atoms with van der Waals surface area (Å²) in [6.07, 6.45) is 6.45. The van der Waals surface area contributed by atoms with E-state index in [2.05, 4.69) is 5.32 Å². The van der Waals surface area contributed by atoms with Gasteiger partial charge >= 0.3 is 0 Å². The number of sulfone groups is 1.